The van der Waals surface area contributed by atoms with Crippen molar-refractivity contribution in [3.63, 3.8) is 0 Å². The number of hydrogen-bond acceptors (Lipinski definition) is 7. The molecular formula is C26H31Cl2N6O6P. The molecule has 1 fully saturated rings. The first-order chi connectivity index (χ1) is 19.6. The van der Waals surface area contributed by atoms with E-state index in [1.54, 1.807) is 60.2 Å². The fourth-order valence-electron chi connectivity index (χ4n) is 4.45. The smallest absolute Gasteiger partial charge is 0.393 e. The average molecular weight is 625 g/mol. The number of ether oxygens (including phenoxy) is 1. The number of H-pyrrole nitrogens is 1. The molecule has 0 spiro atoms. The number of anilines is 1. The third-order valence-electron chi connectivity index (χ3n) is 6.64. The maximum Gasteiger partial charge on any atom is 0.393 e. The van der Waals surface area contributed by atoms with Gasteiger partial charge in [-0.05, 0) is 38.0 Å². The molecule has 1 saturated heterocycles. The third-order valence-corrected chi connectivity index (χ3v) is 9.71. The summed E-state index contributed by atoms with van der Waals surface area (Å²) in [7, 11) is -2.47. The first-order valence-corrected chi connectivity index (χ1v) is 15.3. The normalized spacial score (nSPS) is 21.7. The number of alkyl halides is 1. The van der Waals surface area contributed by atoms with Gasteiger partial charge < -0.3 is 19.9 Å². The minimum absolute atomic E-state index is 0.0741. The van der Waals surface area contributed by atoms with E-state index in [4.69, 9.17) is 32.5 Å². The summed E-state index contributed by atoms with van der Waals surface area (Å²) < 4.78 is 26.3. The van der Waals surface area contributed by atoms with Crippen molar-refractivity contribution < 1.29 is 28.2 Å². The van der Waals surface area contributed by atoms with E-state index in [9.17, 15) is 18.9 Å². The summed E-state index contributed by atoms with van der Waals surface area (Å²) in [6.07, 6.45) is 7.15. The van der Waals surface area contributed by atoms with Crippen LogP contribution in [0.5, 0.6) is 5.75 Å². The second-order valence-corrected chi connectivity index (χ2v) is 12.5. The molecular weight excluding hydrogens is 594 g/mol. The lowest BCUT2D eigenvalue weighted by Gasteiger charge is -2.37. The monoisotopic (exact) mass is 624 g/mol. The number of halogens is 2. The fourth-order valence-corrected chi connectivity index (χ4v) is 7.25. The molecule has 4 N–H and O–H groups in total. The van der Waals surface area contributed by atoms with E-state index < -0.39 is 42.8 Å². The van der Waals surface area contributed by atoms with E-state index in [0.717, 1.165) is 0 Å². The number of methoxy groups -OCH3 is 1. The van der Waals surface area contributed by atoms with Crippen molar-refractivity contribution in [3.05, 3.63) is 65.5 Å². The van der Waals surface area contributed by atoms with E-state index in [-0.39, 0.29) is 22.5 Å². The summed E-state index contributed by atoms with van der Waals surface area (Å²) in [5.74, 6) is -1.94. The molecule has 0 bridgehead atoms. The highest BCUT2D eigenvalue weighted by Gasteiger charge is 2.39. The van der Waals surface area contributed by atoms with Crippen LogP contribution in [0.1, 0.15) is 30.3 Å². The Balaban J connectivity index is 1.38. The van der Waals surface area contributed by atoms with Crippen molar-refractivity contribution in [2.45, 2.75) is 37.2 Å². The largest absolute Gasteiger partial charge is 0.468 e. The van der Waals surface area contributed by atoms with Gasteiger partial charge in [-0.15, -0.1) is 11.6 Å². The summed E-state index contributed by atoms with van der Waals surface area (Å²) in [6, 6.07) is 7.51. The standard InChI is InChI=1S/C26H31Cl2N6O6P/c1-16(26(37)39-2)33-41(38,40-18-7-4-3-5-8-18)34-13-11-17(12-14-34)30-25(36)23-21(15-29-32-23)31-24(35)22-19(27)9-6-10-20(22)28/h3-10,15-17,19,22H,11-14H2,1-2H3,(H,29,32)(H,30,36)(H,31,35)(H,33,38)/t16-,19?,22?,41?/m0/s1. The fraction of sp³-hybridized carbons (Fsp3) is 0.385. The maximum absolute atomic E-state index is 14.0. The molecule has 0 saturated carbocycles. The van der Waals surface area contributed by atoms with Gasteiger partial charge in [-0.2, -0.15) is 5.10 Å². The molecule has 3 unspecified atom stereocenters. The summed E-state index contributed by atoms with van der Waals surface area (Å²) in [5, 5.41) is 14.6. The van der Waals surface area contributed by atoms with E-state index in [0.29, 0.717) is 31.7 Å². The van der Waals surface area contributed by atoms with Crippen molar-refractivity contribution >= 4 is 54.3 Å². The van der Waals surface area contributed by atoms with Gasteiger partial charge in [0.1, 0.15) is 17.5 Å². The van der Waals surface area contributed by atoms with Crippen LogP contribution in [0.2, 0.25) is 0 Å². The molecule has 1 aromatic heterocycles. The second-order valence-electron chi connectivity index (χ2n) is 9.51. The molecule has 12 nitrogen and oxygen atoms in total. The summed E-state index contributed by atoms with van der Waals surface area (Å²) in [5.41, 5.74) is 0.264. The van der Waals surface area contributed by atoms with Crippen LogP contribution in [-0.4, -0.2) is 70.3 Å². The van der Waals surface area contributed by atoms with Crippen LogP contribution in [-0.2, 0) is 18.9 Å². The predicted molar refractivity (Wildman–Crippen MR) is 155 cm³/mol. The molecule has 15 heteroatoms. The Morgan fingerprint density at radius 2 is 1.90 bits per heavy atom. The van der Waals surface area contributed by atoms with Crippen molar-refractivity contribution in [2.24, 2.45) is 5.92 Å². The molecule has 2 aliphatic rings. The Morgan fingerprint density at radius 1 is 1.20 bits per heavy atom. The lowest BCUT2D eigenvalue weighted by Crippen LogP contribution is -2.47. The number of benzene rings is 1. The topological polar surface area (TPSA) is 155 Å². The molecule has 4 atom stereocenters. The highest BCUT2D eigenvalue weighted by molar-refractivity contribution is 7.54. The van der Waals surface area contributed by atoms with Gasteiger partial charge in [0.15, 0.2) is 0 Å². The zero-order valence-electron chi connectivity index (χ0n) is 22.4. The first kappa shape index (κ1) is 30.8. The number of piperidine rings is 1. The zero-order chi connectivity index (χ0) is 29.6. The Morgan fingerprint density at radius 3 is 2.56 bits per heavy atom. The predicted octanol–water partition coefficient (Wildman–Crippen LogP) is 3.80. The van der Waals surface area contributed by atoms with Crippen molar-refractivity contribution in [3.8, 4) is 5.75 Å². The Hall–Kier alpha value is -3.15. The molecule has 41 heavy (non-hydrogen) atoms. The number of nitrogens with zero attached hydrogens (tertiary/aromatic N) is 2. The van der Waals surface area contributed by atoms with Crippen LogP contribution in [0.25, 0.3) is 0 Å². The minimum atomic E-state index is -3.72. The van der Waals surface area contributed by atoms with Crippen molar-refractivity contribution in [2.75, 3.05) is 25.5 Å². The van der Waals surface area contributed by atoms with Crippen molar-refractivity contribution in [1.82, 2.24) is 25.3 Å². The number of aromatic amines is 1. The summed E-state index contributed by atoms with van der Waals surface area (Å²) in [4.78, 5) is 38.0. The number of aromatic nitrogens is 2. The van der Waals surface area contributed by atoms with Gasteiger partial charge in [-0.25, -0.2) is 14.3 Å². The van der Waals surface area contributed by atoms with Crippen LogP contribution in [0.4, 0.5) is 5.69 Å². The van der Waals surface area contributed by atoms with Crippen LogP contribution < -0.4 is 20.2 Å². The Bertz CT molecular complexity index is 1360. The number of allylic oxidation sites excluding steroid dienone is 3. The van der Waals surface area contributed by atoms with Crippen LogP contribution >= 0.6 is 30.9 Å². The lowest BCUT2D eigenvalue weighted by molar-refractivity contribution is -0.142. The quantitative estimate of drug-likeness (QED) is 0.175. The number of carbonyl (C=O) groups is 3. The first-order valence-electron chi connectivity index (χ1n) is 12.9. The van der Waals surface area contributed by atoms with Crippen LogP contribution in [0, 0.1) is 5.92 Å². The van der Waals surface area contributed by atoms with Gasteiger partial charge >= 0.3 is 13.6 Å². The third kappa shape index (κ3) is 7.58. The highest BCUT2D eigenvalue weighted by Crippen LogP contribution is 2.48. The Labute approximate surface area is 247 Å². The molecule has 220 valence electrons. The maximum atomic E-state index is 14.0. The summed E-state index contributed by atoms with van der Waals surface area (Å²) in [6.45, 7) is 2.16. The number of amides is 2. The van der Waals surface area contributed by atoms with Crippen LogP contribution in [0.15, 0.2) is 59.8 Å². The number of nitrogens with one attached hydrogen (secondary N) is 4. The molecule has 2 amide bonds. The number of hydrogen-bond donors (Lipinski definition) is 4. The van der Waals surface area contributed by atoms with E-state index in [2.05, 4.69) is 25.9 Å². The van der Waals surface area contributed by atoms with Gasteiger partial charge in [0.05, 0.1) is 30.3 Å². The SMILES string of the molecule is COC(=O)[C@H](C)NP(=O)(Oc1ccccc1)N1CCC(NC(=O)c2[nH]ncc2NC(=O)C2C(Cl)=CC=CC2Cl)CC1. The highest BCUT2D eigenvalue weighted by atomic mass is 35.5. The minimum Gasteiger partial charge on any atom is -0.468 e. The van der Waals surface area contributed by atoms with Gasteiger partial charge in [0.25, 0.3) is 5.91 Å². The van der Waals surface area contributed by atoms with Crippen molar-refractivity contribution in [1.29, 1.82) is 0 Å². The second kappa shape index (κ2) is 13.7. The number of esters is 1. The van der Waals surface area contributed by atoms with Crippen LogP contribution in [0.3, 0.4) is 0 Å². The number of rotatable bonds is 10. The average Bonchev–Trinajstić information content (AvgIpc) is 3.41. The molecule has 2 aromatic rings. The molecule has 1 aliphatic carbocycles. The van der Waals surface area contributed by atoms with Gasteiger partial charge in [0.2, 0.25) is 5.91 Å². The molecule has 4 rings (SSSR count). The van der Waals surface area contributed by atoms with Gasteiger partial charge in [-0.3, -0.25) is 19.5 Å². The van der Waals surface area contributed by atoms with Gasteiger partial charge in [-0.1, -0.05) is 42.0 Å². The lowest BCUT2D eigenvalue weighted by atomic mass is 9.99. The summed E-state index contributed by atoms with van der Waals surface area (Å²) >= 11 is 12.4. The van der Waals surface area contributed by atoms with E-state index in [1.165, 1.54) is 13.3 Å². The van der Waals surface area contributed by atoms with Gasteiger partial charge in [0, 0.05) is 24.2 Å². The molecule has 0 radical (unpaired) electrons. The zero-order valence-corrected chi connectivity index (χ0v) is 24.8. The van der Waals surface area contributed by atoms with E-state index in [1.807, 2.05) is 0 Å². The Kier molecular flexibility index (Phi) is 10.3. The molecule has 2 heterocycles. The molecule has 1 aliphatic heterocycles. The number of para-hydroxylation sites is 1. The molecule has 1 aromatic carbocycles. The number of carbonyl (C=O) groups excluding carboxylic acids is 3. The van der Waals surface area contributed by atoms with E-state index >= 15 is 0 Å².